The molecule has 0 bridgehead atoms. The summed E-state index contributed by atoms with van der Waals surface area (Å²) in [6, 6.07) is 0. The van der Waals surface area contributed by atoms with Gasteiger partial charge in [-0.2, -0.15) is 0 Å². The smallest absolute Gasteiger partial charge is 0.306 e. The van der Waals surface area contributed by atoms with Crippen LogP contribution >= 0.6 is 0 Å². The Hall–Kier alpha value is -0.530. The third-order valence-corrected chi connectivity index (χ3v) is 4.37. The number of carboxylic acid groups (broad SMARTS) is 1. The summed E-state index contributed by atoms with van der Waals surface area (Å²) in [5.74, 6) is -0.110. The number of aliphatic carboxylic acids is 1. The predicted octanol–water partition coefficient (Wildman–Crippen LogP) is 6.04. The Balaban J connectivity index is 3.81. The first-order chi connectivity index (χ1) is 9.65. The molecule has 0 amide bonds. The molecule has 2 atom stereocenters. The Morgan fingerprint density at radius 1 is 0.850 bits per heavy atom. The Bertz CT molecular complexity index is 225. The molecule has 0 saturated heterocycles. The standard InChI is InChI=1S/C18H36O2/c1-4-7-8-9-10-11-12-14-16(13-5-2)15-17(6-3)18(19)20/h16-17H,4-15H2,1-3H3,(H,19,20). The van der Waals surface area contributed by atoms with E-state index in [-0.39, 0.29) is 5.92 Å². The van der Waals surface area contributed by atoms with Gasteiger partial charge in [0.1, 0.15) is 0 Å². The SMILES string of the molecule is CCCCCCCCCC(CCC)CC(CC)C(=O)O. The summed E-state index contributed by atoms with van der Waals surface area (Å²) in [6.45, 7) is 6.46. The monoisotopic (exact) mass is 284 g/mol. The molecule has 0 spiro atoms. The molecule has 120 valence electrons. The highest BCUT2D eigenvalue weighted by Gasteiger charge is 2.20. The van der Waals surface area contributed by atoms with Gasteiger partial charge in [0.15, 0.2) is 0 Å². The summed E-state index contributed by atoms with van der Waals surface area (Å²) in [7, 11) is 0. The van der Waals surface area contributed by atoms with Crippen molar-refractivity contribution in [2.75, 3.05) is 0 Å². The summed E-state index contributed by atoms with van der Waals surface area (Å²) in [5, 5.41) is 9.18. The topological polar surface area (TPSA) is 37.3 Å². The summed E-state index contributed by atoms with van der Waals surface area (Å²) in [4.78, 5) is 11.1. The Morgan fingerprint density at radius 2 is 1.45 bits per heavy atom. The lowest BCUT2D eigenvalue weighted by Crippen LogP contribution is -2.17. The number of hydrogen-bond donors (Lipinski definition) is 1. The van der Waals surface area contributed by atoms with Gasteiger partial charge in [0.05, 0.1) is 5.92 Å². The van der Waals surface area contributed by atoms with Crippen LogP contribution in [0.4, 0.5) is 0 Å². The van der Waals surface area contributed by atoms with E-state index in [1.54, 1.807) is 0 Å². The van der Waals surface area contributed by atoms with Gasteiger partial charge in [-0.1, -0.05) is 85.0 Å². The first-order valence-corrected chi connectivity index (χ1v) is 8.88. The second-order valence-electron chi connectivity index (χ2n) is 6.24. The second-order valence-corrected chi connectivity index (χ2v) is 6.24. The van der Waals surface area contributed by atoms with E-state index in [9.17, 15) is 9.90 Å². The number of rotatable bonds is 14. The van der Waals surface area contributed by atoms with Gasteiger partial charge in [0, 0.05) is 0 Å². The summed E-state index contributed by atoms with van der Waals surface area (Å²) < 4.78 is 0. The zero-order valence-electron chi connectivity index (χ0n) is 14.0. The van der Waals surface area contributed by atoms with Crippen molar-refractivity contribution in [3.63, 3.8) is 0 Å². The van der Waals surface area contributed by atoms with E-state index >= 15 is 0 Å². The Morgan fingerprint density at radius 3 is 1.95 bits per heavy atom. The summed E-state index contributed by atoms with van der Waals surface area (Å²) in [5.41, 5.74) is 0. The number of unbranched alkanes of at least 4 members (excludes halogenated alkanes) is 6. The molecule has 2 nitrogen and oxygen atoms in total. The minimum Gasteiger partial charge on any atom is -0.481 e. The quantitative estimate of drug-likeness (QED) is 0.394. The van der Waals surface area contributed by atoms with Crippen LogP contribution in [0, 0.1) is 11.8 Å². The molecule has 0 aliphatic carbocycles. The molecule has 1 N–H and O–H groups in total. The van der Waals surface area contributed by atoms with E-state index in [1.165, 1.54) is 64.2 Å². The predicted molar refractivity (Wildman–Crippen MR) is 87.0 cm³/mol. The highest BCUT2D eigenvalue weighted by Crippen LogP contribution is 2.25. The molecule has 0 aromatic heterocycles. The van der Waals surface area contributed by atoms with E-state index in [1.807, 2.05) is 6.92 Å². The van der Waals surface area contributed by atoms with E-state index < -0.39 is 5.97 Å². The van der Waals surface area contributed by atoms with Crippen LogP contribution < -0.4 is 0 Å². The van der Waals surface area contributed by atoms with Crippen molar-refractivity contribution in [2.24, 2.45) is 11.8 Å². The lowest BCUT2D eigenvalue weighted by Gasteiger charge is -2.19. The van der Waals surface area contributed by atoms with Gasteiger partial charge >= 0.3 is 5.97 Å². The average Bonchev–Trinajstić information content (AvgIpc) is 2.43. The first kappa shape index (κ1) is 19.5. The van der Waals surface area contributed by atoms with Crippen LogP contribution in [0.25, 0.3) is 0 Å². The number of carboxylic acids is 1. The highest BCUT2D eigenvalue weighted by atomic mass is 16.4. The highest BCUT2D eigenvalue weighted by molar-refractivity contribution is 5.69. The molecule has 0 rings (SSSR count). The van der Waals surface area contributed by atoms with Gasteiger partial charge in [0.25, 0.3) is 0 Å². The van der Waals surface area contributed by atoms with Crippen LogP contribution in [0.5, 0.6) is 0 Å². The van der Waals surface area contributed by atoms with Gasteiger partial charge in [-0.25, -0.2) is 0 Å². The van der Waals surface area contributed by atoms with Gasteiger partial charge in [-0.05, 0) is 18.8 Å². The normalized spacial score (nSPS) is 14.2. The average molecular weight is 284 g/mol. The van der Waals surface area contributed by atoms with Crippen LogP contribution in [0.15, 0.2) is 0 Å². The largest absolute Gasteiger partial charge is 0.481 e. The van der Waals surface area contributed by atoms with Crippen LogP contribution in [0.1, 0.15) is 97.8 Å². The van der Waals surface area contributed by atoms with Crippen LogP contribution in [-0.4, -0.2) is 11.1 Å². The lowest BCUT2D eigenvalue weighted by atomic mass is 9.86. The molecule has 0 aromatic rings. The molecule has 0 aliphatic heterocycles. The third kappa shape index (κ3) is 10.3. The van der Waals surface area contributed by atoms with Crippen molar-refractivity contribution in [2.45, 2.75) is 97.8 Å². The van der Waals surface area contributed by atoms with Crippen molar-refractivity contribution >= 4 is 5.97 Å². The molecule has 0 heterocycles. The fraction of sp³-hybridized carbons (Fsp3) is 0.944. The first-order valence-electron chi connectivity index (χ1n) is 8.88. The third-order valence-electron chi connectivity index (χ3n) is 4.37. The maximum Gasteiger partial charge on any atom is 0.306 e. The zero-order chi connectivity index (χ0) is 15.2. The van der Waals surface area contributed by atoms with Gasteiger partial charge in [0.2, 0.25) is 0 Å². The van der Waals surface area contributed by atoms with E-state index in [0.717, 1.165) is 12.8 Å². The van der Waals surface area contributed by atoms with E-state index in [4.69, 9.17) is 0 Å². The molecular formula is C18H36O2. The molecule has 0 aliphatic rings. The van der Waals surface area contributed by atoms with E-state index in [0.29, 0.717) is 5.92 Å². The van der Waals surface area contributed by atoms with Crippen molar-refractivity contribution in [3.8, 4) is 0 Å². The summed E-state index contributed by atoms with van der Waals surface area (Å²) in [6.07, 6.45) is 14.7. The van der Waals surface area contributed by atoms with E-state index in [2.05, 4.69) is 13.8 Å². The zero-order valence-corrected chi connectivity index (χ0v) is 14.0. The Kier molecular flexibility index (Phi) is 13.1. The van der Waals surface area contributed by atoms with Crippen LogP contribution in [-0.2, 0) is 4.79 Å². The second kappa shape index (κ2) is 13.5. The summed E-state index contributed by atoms with van der Waals surface area (Å²) >= 11 is 0. The molecule has 0 aromatic carbocycles. The van der Waals surface area contributed by atoms with Crippen molar-refractivity contribution in [3.05, 3.63) is 0 Å². The van der Waals surface area contributed by atoms with Gasteiger partial charge < -0.3 is 5.11 Å². The molecule has 0 saturated carbocycles. The molecule has 2 heteroatoms. The minimum absolute atomic E-state index is 0.129. The maximum absolute atomic E-state index is 11.1. The number of carbonyl (C=O) groups is 1. The lowest BCUT2D eigenvalue weighted by molar-refractivity contribution is -0.142. The minimum atomic E-state index is -0.604. The van der Waals surface area contributed by atoms with Crippen molar-refractivity contribution in [1.82, 2.24) is 0 Å². The fourth-order valence-electron chi connectivity index (χ4n) is 3.02. The van der Waals surface area contributed by atoms with Crippen molar-refractivity contribution in [1.29, 1.82) is 0 Å². The maximum atomic E-state index is 11.1. The molecule has 0 radical (unpaired) electrons. The van der Waals surface area contributed by atoms with Crippen LogP contribution in [0.3, 0.4) is 0 Å². The van der Waals surface area contributed by atoms with Crippen molar-refractivity contribution < 1.29 is 9.90 Å². The Labute approximate surface area is 126 Å². The van der Waals surface area contributed by atoms with Gasteiger partial charge in [-0.3, -0.25) is 4.79 Å². The molecule has 0 fully saturated rings. The molecular weight excluding hydrogens is 248 g/mol. The number of hydrogen-bond acceptors (Lipinski definition) is 1. The van der Waals surface area contributed by atoms with Gasteiger partial charge in [-0.15, -0.1) is 0 Å². The van der Waals surface area contributed by atoms with Crippen LogP contribution in [0.2, 0.25) is 0 Å². The molecule has 20 heavy (non-hydrogen) atoms. The fourth-order valence-corrected chi connectivity index (χ4v) is 3.02. The molecule has 2 unspecified atom stereocenters.